The second kappa shape index (κ2) is 6.66. The highest BCUT2D eigenvalue weighted by Crippen LogP contribution is 2.41. The SMILES string of the molecule is C[C@@H]1COC[C@@H](C)N1c1cc(-c2n[nH]c3cc(F)c(OC4(C)CC4)cc23)ncn1. The summed E-state index contributed by atoms with van der Waals surface area (Å²) in [4.78, 5) is 11.2. The van der Waals surface area contributed by atoms with Crippen molar-refractivity contribution < 1.29 is 13.9 Å². The second-order valence-corrected chi connectivity index (χ2v) is 8.36. The third-order valence-corrected chi connectivity index (χ3v) is 5.75. The summed E-state index contributed by atoms with van der Waals surface area (Å²) in [6, 6.07) is 5.51. The smallest absolute Gasteiger partial charge is 0.167 e. The number of ether oxygens (including phenoxy) is 2. The highest BCUT2D eigenvalue weighted by molar-refractivity contribution is 5.93. The largest absolute Gasteiger partial charge is 0.484 e. The van der Waals surface area contributed by atoms with Crippen LogP contribution in [0.25, 0.3) is 22.3 Å². The molecule has 29 heavy (non-hydrogen) atoms. The van der Waals surface area contributed by atoms with Gasteiger partial charge in [-0.05, 0) is 39.7 Å². The highest BCUT2D eigenvalue weighted by Gasteiger charge is 2.40. The number of hydrogen-bond donors (Lipinski definition) is 1. The molecule has 1 aliphatic heterocycles. The molecule has 2 aromatic heterocycles. The van der Waals surface area contributed by atoms with E-state index < -0.39 is 0 Å². The molecule has 0 unspecified atom stereocenters. The molecular formula is C21H24FN5O2. The van der Waals surface area contributed by atoms with Crippen LogP contribution in [0.5, 0.6) is 5.75 Å². The standard InChI is InChI=1S/C21H24FN5O2/c1-12-9-28-10-13(2)27(12)19-8-17(23-11-24-19)20-14-6-18(29-21(3)4-5-21)15(22)7-16(14)25-26-20/h6-8,11-13H,4-5,9-10H2,1-3H3,(H,25,26)/t12-,13-/m1/s1. The van der Waals surface area contributed by atoms with Crippen molar-refractivity contribution >= 4 is 16.7 Å². The minimum absolute atomic E-state index is 0.214. The van der Waals surface area contributed by atoms with Crippen LogP contribution in [-0.2, 0) is 4.74 Å². The van der Waals surface area contributed by atoms with Crippen molar-refractivity contribution in [1.29, 1.82) is 0 Å². The van der Waals surface area contributed by atoms with E-state index in [0.717, 1.165) is 24.0 Å². The number of rotatable bonds is 4. The van der Waals surface area contributed by atoms with Crippen molar-refractivity contribution in [1.82, 2.24) is 20.2 Å². The van der Waals surface area contributed by atoms with Gasteiger partial charge in [-0.2, -0.15) is 5.10 Å². The minimum atomic E-state index is -0.389. The van der Waals surface area contributed by atoms with Crippen LogP contribution in [0, 0.1) is 5.82 Å². The number of nitrogens with zero attached hydrogens (tertiary/aromatic N) is 4. The highest BCUT2D eigenvalue weighted by atomic mass is 19.1. The van der Waals surface area contributed by atoms with Gasteiger partial charge in [0.25, 0.3) is 0 Å². The van der Waals surface area contributed by atoms with Crippen molar-refractivity contribution in [3.63, 3.8) is 0 Å². The molecule has 2 aliphatic rings. The number of nitrogens with one attached hydrogen (secondary N) is 1. The quantitative estimate of drug-likeness (QED) is 0.723. The Bertz CT molecular complexity index is 1050. The zero-order valence-electron chi connectivity index (χ0n) is 16.8. The first-order chi connectivity index (χ1) is 13.9. The molecule has 1 saturated heterocycles. The number of benzene rings is 1. The fraction of sp³-hybridized carbons (Fsp3) is 0.476. The van der Waals surface area contributed by atoms with Crippen LogP contribution in [0.2, 0.25) is 0 Å². The molecular weight excluding hydrogens is 373 g/mol. The predicted octanol–water partition coefficient (Wildman–Crippen LogP) is 3.70. The number of anilines is 1. The molecule has 1 aliphatic carbocycles. The third kappa shape index (κ3) is 3.31. The molecule has 2 atom stereocenters. The monoisotopic (exact) mass is 397 g/mol. The van der Waals surface area contributed by atoms with Crippen molar-refractivity contribution in [2.24, 2.45) is 0 Å². The van der Waals surface area contributed by atoms with Crippen LogP contribution in [0.15, 0.2) is 24.5 Å². The first-order valence-electron chi connectivity index (χ1n) is 9.99. The lowest BCUT2D eigenvalue weighted by Gasteiger charge is -2.39. The van der Waals surface area contributed by atoms with Gasteiger partial charge in [0.1, 0.15) is 23.4 Å². The van der Waals surface area contributed by atoms with Crippen molar-refractivity contribution in [3.8, 4) is 17.1 Å². The van der Waals surface area contributed by atoms with Gasteiger partial charge in [0.15, 0.2) is 11.6 Å². The van der Waals surface area contributed by atoms with Crippen molar-refractivity contribution in [2.75, 3.05) is 18.1 Å². The fourth-order valence-electron chi connectivity index (χ4n) is 3.91. The number of aromatic nitrogens is 4. The van der Waals surface area contributed by atoms with Gasteiger partial charge in [-0.15, -0.1) is 0 Å². The van der Waals surface area contributed by atoms with Crippen LogP contribution >= 0.6 is 0 Å². The molecule has 1 aromatic carbocycles. The number of fused-ring (bicyclic) bond motifs is 1. The maximum absolute atomic E-state index is 14.5. The third-order valence-electron chi connectivity index (χ3n) is 5.75. The maximum atomic E-state index is 14.5. The number of hydrogen-bond acceptors (Lipinski definition) is 6. The van der Waals surface area contributed by atoms with Gasteiger partial charge < -0.3 is 14.4 Å². The molecule has 7 nitrogen and oxygen atoms in total. The fourth-order valence-corrected chi connectivity index (χ4v) is 3.91. The molecule has 3 aromatic rings. The number of morpholine rings is 1. The normalized spacial score (nSPS) is 23.4. The van der Waals surface area contributed by atoms with E-state index in [9.17, 15) is 4.39 Å². The number of H-pyrrole nitrogens is 1. The Morgan fingerprint density at radius 1 is 1.17 bits per heavy atom. The summed E-state index contributed by atoms with van der Waals surface area (Å²) in [7, 11) is 0. The van der Waals surface area contributed by atoms with Crippen LogP contribution in [0.4, 0.5) is 10.2 Å². The Morgan fingerprint density at radius 2 is 1.93 bits per heavy atom. The van der Waals surface area contributed by atoms with Gasteiger partial charge in [-0.25, -0.2) is 14.4 Å². The van der Waals surface area contributed by atoms with Gasteiger partial charge >= 0.3 is 0 Å². The van der Waals surface area contributed by atoms with Gasteiger partial charge in [0.05, 0.1) is 36.5 Å². The Balaban J connectivity index is 1.54. The van der Waals surface area contributed by atoms with Gasteiger partial charge in [-0.1, -0.05) is 0 Å². The average Bonchev–Trinajstić information content (AvgIpc) is 3.27. The van der Waals surface area contributed by atoms with E-state index in [1.165, 1.54) is 6.07 Å². The summed E-state index contributed by atoms with van der Waals surface area (Å²) in [5, 5.41) is 8.09. The van der Waals surface area contributed by atoms with Gasteiger partial charge in [0.2, 0.25) is 0 Å². The van der Waals surface area contributed by atoms with Crippen molar-refractivity contribution in [2.45, 2.75) is 51.3 Å². The lowest BCUT2D eigenvalue weighted by atomic mass is 10.1. The summed E-state index contributed by atoms with van der Waals surface area (Å²) < 4.78 is 26.0. The van der Waals surface area contributed by atoms with E-state index >= 15 is 0 Å². The molecule has 0 amide bonds. The van der Waals surface area contributed by atoms with E-state index in [1.54, 1.807) is 12.4 Å². The van der Waals surface area contributed by atoms with E-state index in [-0.39, 0.29) is 29.3 Å². The number of halogens is 1. The van der Waals surface area contributed by atoms with Crippen LogP contribution < -0.4 is 9.64 Å². The molecule has 2 fully saturated rings. The Morgan fingerprint density at radius 3 is 2.66 bits per heavy atom. The zero-order chi connectivity index (χ0) is 20.2. The molecule has 0 radical (unpaired) electrons. The van der Waals surface area contributed by atoms with Crippen LogP contribution in [-0.4, -0.2) is 51.1 Å². The molecule has 1 N–H and O–H groups in total. The molecule has 3 heterocycles. The lowest BCUT2D eigenvalue weighted by molar-refractivity contribution is 0.0752. The Hall–Kier alpha value is -2.74. The molecule has 5 rings (SSSR count). The van der Waals surface area contributed by atoms with E-state index in [4.69, 9.17) is 9.47 Å². The first-order valence-corrected chi connectivity index (χ1v) is 9.99. The van der Waals surface area contributed by atoms with Gasteiger partial charge in [-0.3, -0.25) is 5.10 Å². The predicted molar refractivity (Wildman–Crippen MR) is 108 cm³/mol. The van der Waals surface area contributed by atoms with Gasteiger partial charge in [0, 0.05) is 17.5 Å². The van der Waals surface area contributed by atoms with E-state index in [1.807, 2.05) is 13.0 Å². The lowest BCUT2D eigenvalue weighted by Crippen LogP contribution is -2.50. The Kier molecular flexibility index (Phi) is 4.20. The van der Waals surface area contributed by atoms with Crippen molar-refractivity contribution in [3.05, 3.63) is 30.3 Å². The molecule has 0 bridgehead atoms. The summed E-state index contributed by atoms with van der Waals surface area (Å²) >= 11 is 0. The summed E-state index contributed by atoms with van der Waals surface area (Å²) in [5.41, 5.74) is 1.69. The van der Waals surface area contributed by atoms with Crippen LogP contribution in [0.1, 0.15) is 33.6 Å². The first kappa shape index (κ1) is 18.3. The minimum Gasteiger partial charge on any atom is -0.484 e. The summed E-state index contributed by atoms with van der Waals surface area (Å²) in [5.74, 6) is 0.698. The average molecular weight is 397 g/mol. The maximum Gasteiger partial charge on any atom is 0.167 e. The second-order valence-electron chi connectivity index (χ2n) is 8.36. The zero-order valence-corrected chi connectivity index (χ0v) is 16.8. The van der Waals surface area contributed by atoms with Crippen LogP contribution in [0.3, 0.4) is 0 Å². The van der Waals surface area contributed by atoms with E-state index in [2.05, 4.69) is 38.9 Å². The molecule has 8 heteroatoms. The topological polar surface area (TPSA) is 76.2 Å². The molecule has 1 saturated carbocycles. The summed E-state index contributed by atoms with van der Waals surface area (Å²) in [6.45, 7) is 7.55. The summed E-state index contributed by atoms with van der Waals surface area (Å²) in [6.07, 6.45) is 3.42. The molecule has 152 valence electrons. The Labute approximate surface area is 168 Å². The van der Waals surface area contributed by atoms with E-state index in [0.29, 0.717) is 30.1 Å². The molecule has 0 spiro atoms. The number of aromatic amines is 1.